The van der Waals surface area contributed by atoms with Gasteiger partial charge in [0.25, 0.3) is 0 Å². The van der Waals surface area contributed by atoms with Gasteiger partial charge in [-0.2, -0.15) is 0 Å². The fourth-order valence-corrected chi connectivity index (χ4v) is 1.90. The number of rotatable bonds is 3. The SMILES string of the molecule is Fc1ccccc1CSc1ncc[nH]1. The standard InChI is InChI=1S/C10H9FN2S/c11-9-4-2-1-3-8(9)7-14-10-12-5-6-13-10/h1-6H,7H2,(H,12,13). The second-order valence-corrected chi connectivity index (χ2v) is 3.74. The Bertz CT molecular complexity index is 400. The van der Waals surface area contributed by atoms with Crippen LogP contribution in [0.25, 0.3) is 0 Å². The van der Waals surface area contributed by atoms with Crippen molar-refractivity contribution in [2.45, 2.75) is 10.9 Å². The van der Waals surface area contributed by atoms with Crippen molar-refractivity contribution >= 4 is 11.8 Å². The summed E-state index contributed by atoms with van der Waals surface area (Å²) in [6, 6.07) is 6.78. The molecule has 14 heavy (non-hydrogen) atoms. The van der Waals surface area contributed by atoms with Crippen molar-refractivity contribution in [3.8, 4) is 0 Å². The van der Waals surface area contributed by atoms with Gasteiger partial charge in [0.1, 0.15) is 5.82 Å². The second kappa shape index (κ2) is 4.28. The van der Waals surface area contributed by atoms with Crippen molar-refractivity contribution in [1.82, 2.24) is 9.97 Å². The van der Waals surface area contributed by atoms with Gasteiger partial charge >= 0.3 is 0 Å². The molecule has 0 amide bonds. The van der Waals surface area contributed by atoms with Crippen LogP contribution in [0.2, 0.25) is 0 Å². The van der Waals surface area contributed by atoms with E-state index in [1.165, 1.54) is 17.8 Å². The van der Waals surface area contributed by atoms with Crippen molar-refractivity contribution < 1.29 is 4.39 Å². The van der Waals surface area contributed by atoms with E-state index in [0.717, 1.165) is 5.16 Å². The average Bonchev–Trinajstić information content (AvgIpc) is 2.69. The Labute approximate surface area is 85.6 Å². The van der Waals surface area contributed by atoms with E-state index in [0.29, 0.717) is 11.3 Å². The molecule has 1 heterocycles. The monoisotopic (exact) mass is 208 g/mol. The molecule has 2 rings (SSSR count). The van der Waals surface area contributed by atoms with Gasteiger partial charge in [-0.1, -0.05) is 30.0 Å². The first kappa shape index (κ1) is 9.27. The minimum absolute atomic E-state index is 0.161. The largest absolute Gasteiger partial charge is 0.340 e. The van der Waals surface area contributed by atoms with E-state index in [9.17, 15) is 4.39 Å². The molecule has 0 radical (unpaired) electrons. The van der Waals surface area contributed by atoms with Crippen LogP contribution in [0, 0.1) is 5.82 Å². The van der Waals surface area contributed by atoms with Crippen LogP contribution < -0.4 is 0 Å². The summed E-state index contributed by atoms with van der Waals surface area (Å²) in [4.78, 5) is 7.00. The van der Waals surface area contributed by atoms with E-state index < -0.39 is 0 Å². The number of hydrogen-bond donors (Lipinski definition) is 1. The molecule has 1 aromatic carbocycles. The van der Waals surface area contributed by atoms with Gasteiger partial charge in [0.15, 0.2) is 5.16 Å². The van der Waals surface area contributed by atoms with E-state index in [-0.39, 0.29) is 5.82 Å². The molecule has 0 spiro atoms. The molecule has 0 saturated carbocycles. The van der Waals surface area contributed by atoms with Gasteiger partial charge in [-0.05, 0) is 11.6 Å². The van der Waals surface area contributed by atoms with Crippen LogP contribution in [0.3, 0.4) is 0 Å². The topological polar surface area (TPSA) is 28.7 Å². The summed E-state index contributed by atoms with van der Waals surface area (Å²) in [6.45, 7) is 0. The maximum absolute atomic E-state index is 13.2. The molecular weight excluding hydrogens is 199 g/mol. The van der Waals surface area contributed by atoms with E-state index in [4.69, 9.17) is 0 Å². The first-order valence-corrected chi connectivity index (χ1v) is 5.20. The van der Waals surface area contributed by atoms with Crippen LogP contribution in [0.1, 0.15) is 5.56 Å². The molecule has 4 heteroatoms. The first-order valence-electron chi connectivity index (χ1n) is 4.22. The molecule has 1 aromatic heterocycles. The summed E-state index contributed by atoms with van der Waals surface area (Å²) >= 11 is 1.49. The lowest BCUT2D eigenvalue weighted by molar-refractivity contribution is 0.617. The number of halogens is 1. The van der Waals surface area contributed by atoms with Crippen molar-refractivity contribution in [2.24, 2.45) is 0 Å². The van der Waals surface area contributed by atoms with E-state index in [1.54, 1.807) is 24.5 Å². The Hall–Kier alpha value is -1.29. The molecule has 0 fully saturated rings. The van der Waals surface area contributed by atoms with E-state index in [1.807, 2.05) is 6.07 Å². The molecule has 0 aliphatic heterocycles. The van der Waals surface area contributed by atoms with Crippen LogP contribution >= 0.6 is 11.8 Å². The Kier molecular flexibility index (Phi) is 2.84. The predicted molar refractivity (Wildman–Crippen MR) is 54.5 cm³/mol. The lowest BCUT2D eigenvalue weighted by Crippen LogP contribution is -1.86. The average molecular weight is 208 g/mol. The van der Waals surface area contributed by atoms with Gasteiger partial charge < -0.3 is 4.98 Å². The van der Waals surface area contributed by atoms with Crippen LogP contribution in [0.5, 0.6) is 0 Å². The van der Waals surface area contributed by atoms with Crippen LogP contribution in [-0.4, -0.2) is 9.97 Å². The Morgan fingerprint density at radius 1 is 1.36 bits per heavy atom. The maximum Gasteiger partial charge on any atom is 0.165 e. The Morgan fingerprint density at radius 2 is 2.21 bits per heavy atom. The van der Waals surface area contributed by atoms with E-state index >= 15 is 0 Å². The third kappa shape index (κ3) is 2.14. The molecule has 0 saturated heterocycles. The van der Waals surface area contributed by atoms with Crippen LogP contribution in [0.4, 0.5) is 4.39 Å². The highest BCUT2D eigenvalue weighted by atomic mass is 32.2. The molecule has 0 aliphatic rings. The third-order valence-corrected chi connectivity index (χ3v) is 2.75. The number of benzene rings is 1. The molecule has 0 bridgehead atoms. The molecule has 2 nitrogen and oxygen atoms in total. The van der Waals surface area contributed by atoms with Crippen molar-refractivity contribution in [1.29, 1.82) is 0 Å². The number of imidazole rings is 1. The summed E-state index contributed by atoms with van der Waals surface area (Å²) in [6.07, 6.45) is 3.44. The lowest BCUT2D eigenvalue weighted by Gasteiger charge is -2.00. The zero-order chi connectivity index (χ0) is 9.80. The summed E-state index contributed by atoms with van der Waals surface area (Å²) in [5.74, 6) is 0.437. The zero-order valence-electron chi connectivity index (χ0n) is 7.40. The number of nitrogens with one attached hydrogen (secondary N) is 1. The van der Waals surface area contributed by atoms with Crippen molar-refractivity contribution in [2.75, 3.05) is 0 Å². The van der Waals surface area contributed by atoms with Gasteiger partial charge in [-0.3, -0.25) is 0 Å². The molecule has 0 atom stereocenters. The van der Waals surface area contributed by atoms with Gasteiger partial charge in [-0.25, -0.2) is 9.37 Å². The third-order valence-electron chi connectivity index (χ3n) is 1.80. The minimum atomic E-state index is -0.161. The quantitative estimate of drug-likeness (QED) is 0.786. The molecule has 0 unspecified atom stereocenters. The van der Waals surface area contributed by atoms with Gasteiger partial charge in [0.2, 0.25) is 0 Å². The van der Waals surface area contributed by atoms with Gasteiger partial charge in [-0.15, -0.1) is 0 Å². The number of H-pyrrole nitrogens is 1. The Morgan fingerprint density at radius 3 is 2.93 bits per heavy atom. The smallest absolute Gasteiger partial charge is 0.165 e. The van der Waals surface area contributed by atoms with Crippen molar-refractivity contribution in [3.63, 3.8) is 0 Å². The number of thioether (sulfide) groups is 1. The highest BCUT2D eigenvalue weighted by Gasteiger charge is 2.02. The predicted octanol–water partition coefficient (Wildman–Crippen LogP) is 2.84. The first-order chi connectivity index (χ1) is 6.86. The summed E-state index contributed by atoms with van der Waals surface area (Å²) in [5, 5.41) is 0.813. The highest BCUT2D eigenvalue weighted by molar-refractivity contribution is 7.98. The second-order valence-electron chi connectivity index (χ2n) is 2.77. The number of nitrogens with zero attached hydrogens (tertiary/aromatic N) is 1. The number of hydrogen-bond acceptors (Lipinski definition) is 2. The summed E-state index contributed by atoms with van der Waals surface area (Å²) in [5.41, 5.74) is 0.703. The fourth-order valence-electron chi connectivity index (χ4n) is 1.09. The molecular formula is C10H9FN2S. The lowest BCUT2D eigenvalue weighted by atomic mass is 10.2. The van der Waals surface area contributed by atoms with Crippen LogP contribution in [-0.2, 0) is 5.75 Å². The molecule has 1 N–H and O–H groups in total. The number of aromatic amines is 1. The number of aromatic nitrogens is 2. The van der Waals surface area contributed by atoms with Gasteiger partial charge in [0, 0.05) is 18.1 Å². The fraction of sp³-hybridized carbons (Fsp3) is 0.100. The maximum atomic E-state index is 13.2. The molecule has 2 aromatic rings. The van der Waals surface area contributed by atoms with E-state index in [2.05, 4.69) is 9.97 Å². The molecule has 72 valence electrons. The van der Waals surface area contributed by atoms with Crippen LogP contribution in [0.15, 0.2) is 41.8 Å². The summed E-state index contributed by atoms with van der Waals surface area (Å²) in [7, 11) is 0. The molecule has 0 aliphatic carbocycles. The summed E-state index contributed by atoms with van der Waals surface area (Å²) < 4.78 is 13.2. The van der Waals surface area contributed by atoms with Crippen molar-refractivity contribution in [3.05, 3.63) is 48.0 Å². The minimum Gasteiger partial charge on any atom is -0.340 e. The van der Waals surface area contributed by atoms with Gasteiger partial charge in [0.05, 0.1) is 0 Å². The Balaban J connectivity index is 2.02. The zero-order valence-corrected chi connectivity index (χ0v) is 8.22. The normalized spacial score (nSPS) is 10.4. The highest BCUT2D eigenvalue weighted by Crippen LogP contribution is 2.20.